The molecule has 1 aromatic carbocycles. The molecular weight excluding hydrogens is 240 g/mol. The van der Waals surface area contributed by atoms with Crippen LogP contribution in [-0.2, 0) is 0 Å². The molecule has 0 fully saturated rings. The number of hydrogen-bond donors (Lipinski definition) is 3. The van der Waals surface area contributed by atoms with Gasteiger partial charge in [0, 0.05) is 18.8 Å². The molecule has 1 atom stereocenters. The highest BCUT2D eigenvalue weighted by Crippen LogP contribution is 2.16. The molecule has 1 amide bonds. The quantitative estimate of drug-likeness (QED) is 0.660. The number of nitrogen functional groups attached to an aromatic ring is 1. The van der Waals surface area contributed by atoms with Crippen LogP contribution in [-0.4, -0.2) is 24.2 Å². The van der Waals surface area contributed by atoms with Crippen LogP contribution < -0.4 is 11.1 Å². The van der Waals surface area contributed by atoms with Crippen LogP contribution in [0.5, 0.6) is 0 Å². The topological polar surface area (TPSA) is 75.3 Å². The van der Waals surface area contributed by atoms with E-state index in [2.05, 4.69) is 12.2 Å². The van der Waals surface area contributed by atoms with Crippen molar-refractivity contribution in [2.45, 2.75) is 33.1 Å². The zero-order valence-corrected chi connectivity index (χ0v) is 11.8. The molecule has 4 N–H and O–H groups in total. The number of para-hydroxylation sites is 1. The average Bonchev–Trinajstić information content (AvgIpc) is 2.39. The summed E-state index contributed by atoms with van der Waals surface area (Å²) in [6.07, 6.45) is 2.77. The fourth-order valence-corrected chi connectivity index (χ4v) is 2.15. The van der Waals surface area contributed by atoms with Crippen LogP contribution in [0.2, 0.25) is 0 Å². The summed E-state index contributed by atoms with van der Waals surface area (Å²) in [5.41, 5.74) is 7.88. The smallest absolute Gasteiger partial charge is 0.253 e. The third-order valence-electron chi connectivity index (χ3n) is 3.35. The lowest BCUT2D eigenvalue weighted by atomic mass is 10.00. The van der Waals surface area contributed by atoms with Gasteiger partial charge in [0.15, 0.2) is 0 Å². The highest BCUT2D eigenvalue weighted by Gasteiger charge is 2.13. The molecule has 4 nitrogen and oxygen atoms in total. The van der Waals surface area contributed by atoms with Gasteiger partial charge in [0.05, 0.1) is 5.56 Å². The summed E-state index contributed by atoms with van der Waals surface area (Å²) < 4.78 is 0. The number of anilines is 1. The molecule has 0 bridgehead atoms. The van der Waals surface area contributed by atoms with E-state index in [0.717, 1.165) is 24.8 Å². The number of nitrogens with two attached hydrogens (primary N) is 1. The molecule has 19 heavy (non-hydrogen) atoms. The van der Waals surface area contributed by atoms with Gasteiger partial charge in [-0.1, -0.05) is 25.5 Å². The Labute approximate surface area is 115 Å². The van der Waals surface area contributed by atoms with Gasteiger partial charge in [0.1, 0.15) is 0 Å². The number of benzene rings is 1. The normalized spacial score (nSPS) is 12.2. The molecule has 0 saturated carbocycles. The van der Waals surface area contributed by atoms with Gasteiger partial charge < -0.3 is 16.2 Å². The van der Waals surface area contributed by atoms with Crippen LogP contribution in [0.25, 0.3) is 0 Å². The molecule has 0 heterocycles. The third-order valence-corrected chi connectivity index (χ3v) is 3.35. The zero-order valence-electron chi connectivity index (χ0n) is 11.8. The van der Waals surface area contributed by atoms with Gasteiger partial charge in [-0.3, -0.25) is 4.79 Å². The van der Waals surface area contributed by atoms with Crippen LogP contribution in [0.15, 0.2) is 18.2 Å². The average molecular weight is 264 g/mol. The van der Waals surface area contributed by atoms with E-state index in [4.69, 9.17) is 10.8 Å². The predicted octanol–water partition coefficient (Wildman–Crippen LogP) is 2.11. The summed E-state index contributed by atoms with van der Waals surface area (Å²) in [5, 5.41) is 11.9. The summed E-state index contributed by atoms with van der Waals surface area (Å²) in [7, 11) is 0. The van der Waals surface area contributed by atoms with E-state index in [9.17, 15) is 4.79 Å². The number of carbonyl (C=O) groups is 1. The van der Waals surface area contributed by atoms with Crippen LogP contribution >= 0.6 is 0 Å². The van der Waals surface area contributed by atoms with Gasteiger partial charge in [-0.25, -0.2) is 0 Å². The summed E-state index contributed by atoms with van der Waals surface area (Å²) in [6, 6.07) is 5.45. The summed E-state index contributed by atoms with van der Waals surface area (Å²) in [4.78, 5) is 12.1. The first-order valence-corrected chi connectivity index (χ1v) is 6.84. The molecule has 1 rings (SSSR count). The van der Waals surface area contributed by atoms with Crippen molar-refractivity contribution < 1.29 is 9.90 Å². The lowest BCUT2D eigenvalue weighted by Gasteiger charge is -2.16. The molecule has 106 valence electrons. The number of hydrogen-bond acceptors (Lipinski definition) is 3. The largest absolute Gasteiger partial charge is 0.398 e. The first-order valence-electron chi connectivity index (χ1n) is 6.84. The Kier molecular flexibility index (Phi) is 6.36. The molecule has 0 saturated heterocycles. The molecule has 1 unspecified atom stereocenters. The van der Waals surface area contributed by atoms with Crippen molar-refractivity contribution in [3.63, 3.8) is 0 Å². The van der Waals surface area contributed by atoms with Crippen LogP contribution in [0.3, 0.4) is 0 Å². The number of carbonyl (C=O) groups excluding carboxylic acids is 1. The minimum atomic E-state index is -0.139. The highest BCUT2D eigenvalue weighted by molar-refractivity contribution is 5.99. The maximum atomic E-state index is 12.1. The fourth-order valence-electron chi connectivity index (χ4n) is 2.15. The Balaban J connectivity index is 2.61. The predicted molar refractivity (Wildman–Crippen MR) is 78.0 cm³/mol. The first-order chi connectivity index (χ1) is 9.10. The van der Waals surface area contributed by atoms with Crippen molar-refractivity contribution in [1.29, 1.82) is 0 Å². The zero-order chi connectivity index (χ0) is 14.3. The minimum Gasteiger partial charge on any atom is -0.398 e. The third kappa shape index (κ3) is 4.56. The number of nitrogens with one attached hydrogen (secondary N) is 1. The summed E-state index contributed by atoms with van der Waals surface area (Å²) in [6.45, 7) is 4.73. The van der Waals surface area contributed by atoms with Crippen LogP contribution in [0, 0.1) is 12.8 Å². The highest BCUT2D eigenvalue weighted by atomic mass is 16.3. The van der Waals surface area contributed by atoms with E-state index < -0.39 is 0 Å². The second-order valence-electron chi connectivity index (χ2n) is 4.91. The first kappa shape index (κ1) is 15.5. The Morgan fingerprint density at radius 3 is 2.79 bits per heavy atom. The Hall–Kier alpha value is -1.55. The van der Waals surface area contributed by atoms with Gasteiger partial charge in [-0.2, -0.15) is 0 Å². The minimum absolute atomic E-state index is 0.139. The van der Waals surface area contributed by atoms with E-state index in [1.807, 2.05) is 19.1 Å². The van der Waals surface area contributed by atoms with Crippen molar-refractivity contribution in [2.75, 3.05) is 18.9 Å². The molecule has 4 heteroatoms. The van der Waals surface area contributed by atoms with E-state index in [1.54, 1.807) is 6.07 Å². The molecule has 0 aliphatic heterocycles. The van der Waals surface area contributed by atoms with Gasteiger partial charge in [0.25, 0.3) is 5.91 Å². The maximum absolute atomic E-state index is 12.1. The Morgan fingerprint density at radius 2 is 2.16 bits per heavy atom. The Bertz CT molecular complexity index is 413. The van der Waals surface area contributed by atoms with Crippen molar-refractivity contribution in [3.05, 3.63) is 29.3 Å². The standard InChI is InChI=1S/C15H24N2O2/c1-3-5-12(8-9-18)10-17-15(19)13-7-4-6-11(2)14(13)16/h4,6-7,12,18H,3,5,8-10,16H2,1-2H3,(H,17,19). The molecule has 0 aliphatic rings. The van der Waals surface area contributed by atoms with Gasteiger partial charge in [-0.15, -0.1) is 0 Å². The van der Waals surface area contributed by atoms with E-state index in [1.165, 1.54) is 0 Å². The molecular formula is C15H24N2O2. The number of amides is 1. The summed E-state index contributed by atoms with van der Waals surface area (Å²) >= 11 is 0. The molecule has 0 aliphatic carbocycles. The van der Waals surface area contributed by atoms with Crippen molar-refractivity contribution in [2.24, 2.45) is 5.92 Å². The fraction of sp³-hybridized carbons (Fsp3) is 0.533. The molecule has 0 radical (unpaired) electrons. The lowest BCUT2D eigenvalue weighted by molar-refractivity contribution is 0.0943. The number of aliphatic hydroxyl groups excluding tert-OH is 1. The number of aliphatic hydroxyl groups is 1. The molecule has 0 aromatic heterocycles. The lowest BCUT2D eigenvalue weighted by Crippen LogP contribution is -2.30. The van der Waals surface area contributed by atoms with Crippen molar-refractivity contribution in [1.82, 2.24) is 5.32 Å². The molecule has 1 aromatic rings. The van der Waals surface area contributed by atoms with E-state index in [0.29, 0.717) is 23.7 Å². The summed E-state index contributed by atoms with van der Waals surface area (Å²) in [5.74, 6) is 0.185. The second kappa shape index (κ2) is 7.79. The Morgan fingerprint density at radius 1 is 1.42 bits per heavy atom. The number of rotatable bonds is 7. The van der Waals surface area contributed by atoms with Gasteiger partial charge >= 0.3 is 0 Å². The van der Waals surface area contributed by atoms with Crippen molar-refractivity contribution >= 4 is 11.6 Å². The second-order valence-corrected chi connectivity index (χ2v) is 4.91. The van der Waals surface area contributed by atoms with Crippen LogP contribution in [0.1, 0.15) is 42.1 Å². The SMILES string of the molecule is CCCC(CCO)CNC(=O)c1cccc(C)c1N. The van der Waals surface area contributed by atoms with Crippen molar-refractivity contribution in [3.8, 4) is 0 Å². The maximum Gasteiger partial charge on any atom is 0.253 e. The van der Waals surface area contributed by atoms with Gasteiger partial charge in [-0.05, 0) is 37.3 Å². The van der Waals surface area contributed by atoms with Gasteiger partial charge in [0.2, 0.25) is 0 Å². The monoisotopic (exact) mass is 264 g/mol. The van der Waals surface area contributed by atoms with E-state index in [-0.39, 0.29) is 12.5 Å². The van der Waals surface area contributed by atoms with E-state index >= 15 is 0 Å². The molecule has 0 spiro atoms. The van der Waals surface area contributed by atoms with Crippen LogP contribution in [0.4, 0.5) is 5.69 Å². The number of aryl methyl sites for hydroxylation is 1.